The largest absolute Gasteiger partial charge is 0.359 e. The highest BCUT2D eigenvalue weighted by atomic mass is 32.3. The van der Waals surface area contributed by atoms with E-state index < -0.39 is 24.1 Å². The van der Waals surface area contributed by atoms with E-state index in [0.29, 0.717) is 12.5 Å². The van der Waals surface area contributed by atoms with E-state index in [2.05, 4.69) is 0 Å². The Hall–Kier alpha value is -0.430. The van der Waals surface area contributed by atoms with Crippen LogP contribution in [0.25, 0.3) is 0 Å². The number of hydrogen-bond acceptors (Lipinski definition) is 5. The van der Waals surface area contributed by atoms with Gasteiger partial charge in [-0.25, -0.2) is 16.8 Å². The van der Waals surface area contributed by atoms with Crippen LogP contribution in [-0.2, 0) is 19.7 Å². The molecule has 0 aliphatic heterocycles. The number of sulfone groups is 2. The van der Waals surface area contributed by atoms with Crippen LogP contribution >= 0.6 is 0 Å². The average Bonchev–Trinajstić information content (AvgIpc) is 1.59. The van der Waals surface area contributed by atoms with Gasteiger partial charge in [0.2, 0.25) is 19.7 Å². The monoisotopic (exact) mass is 186 g/mol. The molecule has 0 amide bonds. The summed E-state index contributed by atoms with van der Waals surface area (Å²) in [5.74, 6) is 0. The highest BCUT2D eigenvalue weighted by molar-refractivity contribution is 8.30. The number of carbonyl (C=O) groups is 1. The Balaban J connectivity index is 5.16. The first-order valence-electron chi connectivity index (χ1n) is 2.10. The van der Waals surface area contributed by atoms with Crippen molar-refractivity contribution in [2.75, 3.05) is 12.5 Å². The molecule has 7 heteroatoms. The molecule has 0 aromatic heterocycles. The van der Waals surface area contributed by atoms with E-state index in [-0.39, 0.29) is 0 Å². The van der Waals surface area contributed by atoms with Crippen molar-refractivity contribution in [3.63, 3.8) is 0 Å². The maximum atomic E-state index is 10.3. The molecular weight excluding hydrogens is 180 g/mol. The summed E-state index contributed by atoms with van der Waals surface area (Å²) in [7, 11) is -8.17. The molecule has 0 aromatic rings. The summed E-state index contributed by atoms with van der Waals surface area (Å²) in [6, 6.07) is 0. The molecule has 0 spiro atoms. The predicted molar refractivity (Wildman–Crippen MR) is 35.1 cm³/mol. The first-order chi connectivity index (χ1) is 4.15. The van der Waals surface area contributed by atoms with Crippen LogP contribution in [0.1, 0.15) is 0 Å². The fourth-order valence-electron chi connectivity index (χ4n) is 0.275. The van der Waals surface area contributed by atoms with Crippen LogP contribution < -0.4 is 0 Å². The fourth-order valence-corrected chi connectivity index (χ4v) is 2.47. The maximum absolute atomic E-state index is 10.3. The van der Waals surface area contributed by atoms with Crippen molar-refractivity contribution in [1.29, 1.82) is 0 Å². The van der Waals surface area contributed by atoms with Crippen LogP contribution in [0.2, 0.25) is 0 Å². The Bertz CT molecular complexity index is 297. The highest BCUT2D eigenvalue weighted by Gasteiger charge is 2.26. The first kappa shape index (κ1) is 9.57. The van der Waals surface area contributed by atoms with E-state index in [1.54, 1.807) is 0 Å². The smallest absolute Gasteiger partial charge is 0.263 e. The van der Waals surface area contributed by atoms with E-state index in [1.807, 2.05) is 0 Å². The molecule has 0 rings (SSSR count). The molecule has 0 N–H and O–H groups in total. The van der Waals surface area contributed by atoms with Crippen LogP contribution in [0.15, 0.2) is 0 Å². The zero-order valence-corrected chi connectivity index (χ0v) is 6.99. The van der Waals surface area contributed by atoms with Gasteiger partial charge in [-0.05, 0) is 0 Å². The zero-order chi connectivity index (χ0) is 8.58. The highest BCUT2D eigenvalue weighted by Crippen LogP contribution is 1.96. The molecule has 0 aliphatic rings. The summed E-state index contributed by atoms with van der Waals surface area (Å²) in [5, 5.41) is 0. The Kier molecular flexibility index (Phi) is 2.21. The molecule has 5 nitrogen and oxygen atoms in total. The predicted octanol–water partition coefficient (Wildman–Crippen LogP) is -0.804. The lowest BCUT2D eigenvalue weighted by Crippen LogP contribution is -2.19. The van der Waals surface area contributed by atoms with Gasteiger partial charge in [-0.3, -0.25) is 4.79 Å². The van der Waals surface area contributed by atoms with E-state index in [4.69, 9.17) is 0 Å². The molecule has 0 bridgehead atoms. The van der Waals surface area contributed by atoms with Crippen molar-refractivity contribution in [3.8, 4) is 0 Å². The van der Waals surface area contributed by atoms with Crippen LogP contribution in [0.3, 0.4) is 0 Å². The number of hydrogen-bond donors (Lipinski definition) is 0. The summed E-state index contributed by atoms with van der Waals surface area (Å²) in [5.41, 5.74) is 0. The molecule has 0 fully saturated rings. The molecular formula is C3H6O5S2. The molecule has 0 atom stereocenters. The summed E-state index contributed by atoms with van der Waals surface area (Å²) in [6.07, 6.45) is 1.10. The lowest BCUT2D eigenvalue weighted by Gasteiger charge is -1.90. The first-order valence-corrected chi connectivity index (χ1v) is 5.88. The van der Waals surface area contributed by atoms with Crippen molar-refractivity contribution < 1.29 is 21.6 Å². The summed E-state index contributed by atoms with van der Waals surface area (Å²) < 4.78 is 39.3. The van der Waals surface area contributed by atoms with E-state index in [1.165, 1.54) is 0 Å². The minimum Gasteiger partial charge on any atom is -0.263 e. The molecule has 0 aromatic carbocycles. The summed E-state index contributed by atoms with van der Waals surface area (Å²) in [4.78, 5) is 10.3. The Morgan fingerprint density at radius 1 is 0.900 bits per heavy atom. The molecule has 0 heterocycles. The van der Waals surface area contributed by atoms with Gasteiger partial charge in [-0.1, -0.05) is 0 Å². The van der Waals surface area contributed by atoms with Gasteiger partial charge in [0.05, 0.1) is 0 Å². The Morgan fingerprint density at radius 3 is 1.10 bits per heavy atom. The third kappa shape index (κ3) is 2.44. The fraction of sp³-hybridized carbons (Fsp3) is 0.667. The van der Waals surface area contributed by atoms with Gasteiger partial charge >= 0.3 is 4.45 Å². The van der Waals surface area contributed by atoms with Gasteiger partial charge in [-0.15, -0.1) is 0 Å². The summed E-state index contributed by atoms with van der Waals surface area (Å²) in [6.45, 7) is 0. The number of carbonyl (C=O) groups excluding carboxylic acids is 1. The minimum absolute atomic E-state index is 0.552. The molecule has 0 saturated carbocycles. The topological polar surface area (TPSA) is 85.3 Å². The van der Waals surface area contributed by atoms with Gasteiger partial charge in [0.15, 0.2) is 0 Å². The van der Waals surface area contributed by atoms with Crippen molar-refractivity contribution >= 4 is 24.1 Å². The average molecular weight is 186 g/mol. The standard InChI is InChI=1S/C3H6O5S2/c1-9(5,6)3(4)10(2,7)8/h1-2H3. The van der Waals surface area contributed by atoms with E-state index in [9.17, 15) is 21.6 Å². The lowest BCUT2D eigenvalue weighted by molar-refractivity contribution is 0.273. The van der Waals surface area contributed by atoms with Crippen molar-refractivity contribution in [2.24, 2.45) is 0 Å². The molecule has 0 aliphatic carbocycles. The second kappa shape index (κ2) is 2.31. The second-order valence-corrected chi connectivity index (χ2v) is 5.88. The van der Waals surface area contributed by atoms with E-state index in [0.717, 1.165) is 0 Å². The van der Waals surface area contributed by atoms with Gasteiger partial charge in [-0.2, -0.15) is 0 Å². The normalized spacial score (nSPS) is 13.0. The van der Waals surface area contributed by atoms with Crippen LogP contribution in [0.4, 0.5) is 4.79 Å². The Morgan fingerprint density at radius 2 is 1.10 bits per heavy atom. The number of rotatable bonds is 0. The lowest BCUT2D eigenvalue weighted by atomic mass is 11.8. The minimum atomic E-state index is -4.09. The van der Waals surface area contributed by atoms with Gasteiger partial charge < -0.3 is 0 Å². The van der Waals surface area contributed by atoms with Crippen molar-refractivity contribution in [2.45, 2.75) is 0 Å². The molecule has 60 valence electrons. The Labute approximate surface area is 58.9 Å². The van der Waals surface area contributed by atoms with Crippen LogP contribution in [0, 0.1) is 0 Å². The zero-order valence-electron chi connectivity index (χ0n) is 5.36. The van der Waals surface area contributed by atoms with Crippen molar-refractivity contribution in [3.05, 3.63) is 0 Å². The SMILES string of the molecule is CS(=O)(=O)C(=O)S(C)(=O)=O. The van der Waals surface area contributed by atoms with Gasteiger partial charge in [0, 0.05) is 12.5 Å². The van der Waals surface area contributed by atoms with Gasteiger partial charge in [0.25, 0.3) is 0 Å². The maximum Gasteiger partial charge on any atom is 0.359 e. The van der Waals surface area contributed by atoms with Crippen LogP contribution in [-0.4, -0.2) is 33.8 Å². The van der Waals surface area contributed by atoms with Gasteiger partial charge in [0.1, 0.15) is 0 Å². The molecule has 0 radical (unpaired) electrons. The van der Waals surface area contributed by atoms with E-state index >= 15 is 0 Å². The molecule has 10 heavy (non-hydrogen) atoms. The second-order valence-electron chi connectivity index (χ2n) is 1.79. The van der Waals surface area contributed by atoms with Crippen LogP contribution in [0.5, 0.6) is 0 Å². The quantitative estimate of drug-likeness (QED) is 0.494. The third-order valence-electron chi connectivity index (χ3n) is 0.605. The summed E-state index contributed by atoms with van der Waals surface area (Å²) >= 11 is 0. The molecule has 0 saturated heterocycles. The third-order valence-corrected chi connectivity index (χ3v) is 3.63. The van der Waals surface area contributed by atoms with Crippen molar-refractivity contribution in [1.82, 2.24) is 0 Å². The molecule has 0 unspecified atom stereocenters.